The van der Waals surface area contributed by atoms with Gasteiger partial charge in [0.25, 0.3) is 0 Å². The number of fused-ring (bicyclic) bond motifs is 1. The van der Waals surface area contributed by atoms with Crippen LogP contribution in [0.25, 0.3) is 129 Å². The fraction of sp³-hybridized carbons (Fsp3) is 0.182. The second-order valence-electron chi connectivity index (χ2n) is 37.8. The van der Waals surface area contributed by atoms with E-state index in [9.17, 15) is 9.90 Å². The smallest absolute Gasteiger partial charge is 0.163 e. The van der Waals surface area contributed by atoms with Crippen molar-refractivity contribution in [2.24, 2.45) is 0 Å². The summed E-state index contributed by atoms with van der Waals surface area (Å²) in [4.78, 5) is 42.7. The molecule has 0 bridgehead atoms. The SMILES string of the molecule is CC(=O)C(=C(C)O)c1ccccc1.CC(C)(C)c1ccnc(-c2[c-]ccc(-c3ccccc3)c2)c1.CC(C)(C)c1ccnc(-c2[c-]ccc(-c3ccccc3)c2)c1.CC(C)(C)c1ccnc(-c2[c-]ccc(-c3ccccc3)c2)c1.CC(C)c1ccc(-c2[c-]cccc2)nc1.CCCc1ccc(-c2[c-]cccc2)nc1.CCc1ccc(-c2[c-]cccc2)nc1.Cc1[c-]c(-c2ccc3ccccc3n2)cc(C)c1.[Ir].[Ir].[Ir].[Ir]. The minimum absolute atomic E-state index is 0. The van der Waals surface area contributed by atoms with E-state index in [2.05, 4.69) is 382 Å². The molecule has 9 nitrogen and oxygen atoms in total. The zero-order valence-corrected chi connectivity index (χ0v) is 95.3. The van der Waals surface area contributed by atoms with Crippen LogP contribution in [0.2, 0.25) is 0 Å². The van der Waals surface area contributed by atoms with Crippen LogP contribution in [0.1, 0.15) is 166 Å². The first-order valence-electron chi connectivity index (χ1n) is 48.3. The molecule has 4 radical (unpaired) electrons. The molecule has 0 amide bonds. The van der Waals surface area contributed by atoms with Crippen LogP contribution in [0.15, 0.2) is 413 Å². The quantitative estimate of drug-likeness (QED) is 0.0571. The topological polar surface area (TPSA) is 128 Å². The summed E-state index contributed by atoms with van der Waals surface area (Å²) < 4.78 is 0. The number of aliphatic hydroxyl groups excluding tert-OH is 1. The number of pyridine rings is 7. The van der Waals surface area contributed by atoms with Crippen molar-refractivity contribution in [3.63, 3.8) is 0 Å². The van der Waals surface area contributed by atoms with Crippen LogP contribution in [-0.2, 0) is 114 Å². The number of carbonyl (C=O) groups is 1. The van der Waals surface area contributed by atoms with E-state index in [-0.39, 0.29) is 108 Å². The molecule has 7 aromatic heterocycles. The van der Waals surface area contributed by atoms with Crippen LogP contribution in [-0.4, -0.2) is 45.8 Å². The monoisotopic (exact) mass is 2610 g/mol. The van der Waals surface area contributed by atoms with Crippen LogP contribution in [0, 0.1) is 56.3 Å². The van der Waals surface area contributed by atoms with Crippen molar-refractivity contribution in [1.29, 1.82) is 0 Å². The van der Waals surface area contributed by atoms with Gasteiger partial charge in [0, 0.05) is 118 Å². The first-order chi connectivity index (χ1) is 68.0. The van der Waals surface area contributed by atoms with Gasteiger partial charge in [0.2, 0.25) is 0 Å². The molecule has 12 aromatic carbocycles. The van der Waals surface area contributed by atoms with Gasteiger partial charge in [-0.3, -0.25) is 9.78 Å². The van der Waals surface area contributed by atoms with E-state index in [4.69, 9.17) is 4.98 Å². The summed E-state index contributed by atoms with van der Waals surface area (Å²) in [5.74, 6) is 0.483. The van der Waals surface area contributed by atoms with E-state index in [1.807, 2.05) is 189 Å². The molecule has 0 spiro atoms. The van der Waals surface area contributed by atoms with Crippen molar-refractivity contribution in [3.05, 3.63) is 506 Å². The maximum atomic E-state index is 11.2. The number of allylic oxidation sites excluding steroid dienone is 2. The predicted octanol–water partition coefficient (Wildman–Crippen LogP) is 33.7. The first kappa shape index (κ1) is 117. The number of hydrogen-bond acceptors (Lipinski definition) is 9. The number of ketones is 1. The molecular formula is C132H126Ir4N7O2-7. The number of carbonyl (C=O) groups excluding carboxylic acids is 1. The average molecular weight is 2610 g/mol. The molecule has 0 aliphatic carbocycles. The fourth-order valence-corrected chi connectivity index (χ4v) is 15.3. The molecule has 19 aromatic rings. The van der Waals surface area contributed by atoms with E-state index in [0.717, 1.165) is 108 Å². The van der Waals surface area contributed by atoms with Gasteiger partial charge >= 0.3 is 0 Å². The Labute approximate surface area is 916 Å². The summed E-state index contributed by atoms with van der Waals surface area (Å²) in [6.07, 6.45) is 14.8. The maximum Gasteiger partial charge on any atom is 0.163 e. The van der Waals surface area contributed by atoms with Crippen molar-refractivity contribution in [2.45, 2.75) is 159 Å². The Morgan fingerprint density at radius 2 is 0.697 bits per heavy atom. The number of aryl methyl sites for hydroxylation is 4. The fourth-order valence-electron chi connectivity index (χ4n) is 15.3. The summed E-state index contributed by atoms with van der Waals surface area (Å²) in [6, 6.07) is 147. The third-order valence-corrected chi connectivity index (χ3v) is 23.2. The second-order valence-corrected chi connectivity index (χ2v) is 37.8. The Bertz CT molecular complexity index is 6790. The standard InChI is InChI=1S/3C21H20N.C17H14N.2C14H14N.C13H12N.C11H12O2.4Ir/c3*1-21(2,3)19-12-13-22-20(15-19)18-11-7-10-17(14-18)16-8-5-4-6-9-16;1-12-9-13(2)11-15(10-12)17-8-7-14-5-3-4-6-16(14)18-17;1-11(2)13-8-9-14(15-10-13)12-6-4-3-5-7-12;1-2-6-12-9-10-14(15-11-12)13-7-4-3-5-8-13;1-2-11-8-9-13(14-10-11)12-6-4-3-5-7-12;1-8(12)11(9(2)13)10-6-4-3-5-7-10;;;;/h3*4-10,12-15H,1-3H3;3-10H,1-2H3;3-6,8-11H,1-2H3;3-5,7,9-11H,2,6H2,1H3;3-6,8-10H,2H2,1H3;3-7,12H,1-2H3;;;;/q7*-1;;;;;. The first-order valence-corrected chi connectivity index (χ1v) is 48.3. The van der Waals surface area contributed by atoms with Gasteiger partial charge in [0.15, 0.2) is 5.78 Å². The Hall–Kier alpha value is -13.2. The third kappa shape index (κ3) is 36.5. The molecule has 19 rings (SSSR count). The molecule has 0 unspecified atom stereocenters. The Morgan fingerprint density at radius 3 is 1.03 bits per heavy atom. The molecule has 0 saturated heterocycles. The predicted molar refractivity (Wildman–Crippen MR) is 589 cm³/mol. The van der Waals surface area contributed by atoms with Gasteiger partial charge in [-0.05, 0) is 174 Å². The Balaban J connectivity index is 0.000000203. The van der Waals surface area contributed by atoms with Crippen LogP contribution in [0.4, 0.5) is 0 Å². The molecule has 0 aliphatic heterocycles. The average Bonchev–Trinajstić information content (AvgIpc) is 0.822. The van der Waals surface area contributed by atoms with Crippen LogP contribution in [0.3, 0.4) is 0 Å². The summed E-state index contributed by atoms with van der Waals surface area (Å²) in [5.41, 5.74) is 34.1. The number of Topliss-reactive ketones (excluding diaryl/α,β-unsaturated/α-hetero) is 1. The number of nitrogens with zero attached hydrogens (tertiary/aromatic N) is 7. The van der Waals surface area contributed by atoms with Crippen LogP contribution < -0.4 is 0 Å². The van der Waals surface area contributed by atoms with Gasteiger partial charge in [0.05, 0.1) is 11.1 Å². The van der Waals surface area contributed by atoms with Gasteiger partial charge in [-0.15, -0.1) is 249 Å². The summed E-state index contributed by atoms with van der Waals surface area (Å²) in [7, 11) is 0. The number of benzene rings is 12. The third-order valence-electron chi connectivity index (χ3n) is 23.2. The van der Waals surface area contributed by atoms with Crippen molar-refractivity contribution in [2.75, 3.05) is 0 Å². The maximum absolute atomic E-state index is 11.2. The largest absolute Gasteiger partial charge is 0.512 e. The summed E-state index contributed by atoms with van der Waals surface area (Å²) in [5, 5.41) is 10.5. The minimum Gasteiger partial charge on any atom is -0.512 e. The zero-order valence-electron chi connectivity index (χ0n) is 85.7. The molecule has 1 N–H and O–H groups in total. The van der Waals surface area contributed by atoms with Gasteiger partial charge in [-0.1, -0.05) is 317 Å². The van der Waals surface area contributed by atoms with Crippen molar-refractivity contribution in [3.8, 4) is 112 Å². The van der Waals surface area contributed by atoms with Crippen LogP contribution in [0.5, 0.6) is 0 Å². The molecule has 145 heavy (non-hydrogen) atoms. The van der Waals surface area contributed by atoms with Crippen molar-refractivity contribution < 1.29 is 90.3 Å². The van der Waals surface area contributed by atoms with E-state index >= 15 is 0 Å². The number of rotatable bonds is 16. The van der Waals surface area contributed by atoms with E-state index in [0.29, 0.717) is 11.5 Å². The van der Waals surface area contributed by atoms with Crippen molar-refractivity contribution in [1.82, 2.24) is 34.9 Å². The number of aromatic nitrogens is 7. The van der Waals surface area contributed by atoms with E-state index < -0.39 is 0 Å². The number of para-hydroxylation sites is 1. The number of hydrogen-bond donors (Lipinski definition) is 1. The van der Waals surface area contributed by atoms with Gasteiger partial charge in [0.1, 0.15) is 5.76 Å². The molecular weight excluding hydrogens is 2480 g/mol. The molecule has 7 heterocycles. The second kappa shape index (κ2) is 58.6. The number of aliphatic hydroxyl groups is 1. The summed E-state index contributed by atoms with van der Waals surface area (Å²) in [6.45, 7) is 35.8. The van der Waals surface area contributed by atoms with Crippen LogP contribution >= 0.6 is 0 Å². The molecule has 744 valence electrons. The minimum atomic E-state index is -0.119. The van der Waals surface area contributed by atoms with E-state index in [1.165, 1.54) is 98.0 Å². The Morgan fingerprint density at radius 1 is 0.331 bits per heavy atom. The Kier molecular flexibility index (Phi) is 47.3. The molecule has 0 aliphatic rings. The normalized spacial score (nSPS) is 10.7. The van der Waals surface area contributed by atoms with Gasteiger partial charge in [-0.25, -0.2) is 0 Å². The van der Waals surface area contributed by atoms with E-state index in [1.54, 1.807) is 12.1 Å². The zero-order chi connectivity index (χ0) is 100. The van der Waals surface area contributed by atoms with Gasteiger partial charge < -0.3 is 35.0 Å². The molecule has 0 atom stereocenters. The summed E-state index contributed by atoms with van der Waals surface area (Å²) >= 11 is 0. The molecule has 0 fully saturated rings. The molecule has 13 heteroatoms. The van der Waals surface area contributed by atoms with Crippen molar-refractivity contribution >= 4 is 22.3 Å². The molecule has 0 saturated carbocycles. The van der Waals surface area contributed by atoms with Gasteiger partial charge in [-0.2, -0.15) is 0 Å².